The molecule has 25 heavy (non-hydrogen) atoms. The van der Waals surface area contributed by atoms with E-state index in [4.69, 9.17) is 4.74 Å². The van der Waals surface area contributed by atoms with E-state index in [0.29, 0.717) is 19.1 Å². The molecule has 1 aliphatic rings. The molecule has 2 rings (SSSR count). The number of hydrogen-bond donors (Lipinski definition) is 1. The number of nitrogens with zero attached hydrogens (tertiary/aromatic N) is 1. The lowest BCUT2D eigenvalue weighted by Gasteiger charge is -2.34. The zero-order chi connectivity index (χ0) is 17.9. The van der Waals surface area contributed by atoms with Crippen LogP contribution in [0.4, 0.5) is 5.69 Å². The predicted octanol–water partition coefficient (Wildman–Crippen LogP) is 4.85. The first-order chi connectivity index (χ1) is 12.2. The number of carbonyl (C=O) groups is 1. The van der Waals surface area contributed by atoms with Crippen LogP contribution < -0.4 is 10.1 Å². The number of nitrogens with one attached hydrogen (secondary N) is 1. The third-order valence-electron chi connectivity index (χ3n) is 4.92. The zero-order valence-electron chi connectivity index (χ0n) is 15.9. The second-order valence-electron chi connectivity index (χ2n) is 6.96. The van der Waals surface area contributed by atoms with Crippen LogP contribution >= 0.6 is 0 Å². The molecular formula is C21H34N2O2. The van der Waals surface area contributed by atoms with Crippen molar-refractivity contribution in [2.24, 2.45) is 0 Å². The Balaban J connectivity index is 1.88. The summed E-state index contributed by atoms with van der Waals surface area (Å²) in [7, 11) is 0. The van der Waals surface area contributed by atoms with Crippen molar-refractivity contribution in [3.63, 3.8) is 0 Å². The van der Waals surface area contributed by atoms with Crippen LogP contribution in [0.25, 0.3) is 0 Å². The Bertz CT molecular complexity index is 495. The summed E-state index contributed by atoms with van der Waals surface area (Å²) in [5.74, 6) is 0.961. The van der Waals surface area contributed by atoms with Crippen LogP contribution in [0, 0.1) is 0 Å². The average molecular weight is 347 g/mol. The Morgan fingerprint density at radius 3 is 2.48 bits per heavy atom. The summed E-state index contributed by atoms with van der Waals surface area (Å²) < 4.78 is 5.45. The molecule has 1 atom stereocenters. The number of benzene rings is 1. The van der Waals surface area contributed by atoms with E-state index >= 15 is 0 Å². The maximum Gasteiger partial charge on any atom is 0.225 e. The van der Waals surface area contributed by atoms with Gasteiger partial charge in [0.1, 0.15) is 5.75 Å². The summed E-state index contributed by atoms with van der Waals surface area (Å²) >= 11 is 0. The molecule has 1 amide bonds. The standard InChI is InChI=1S/C21H34N2O2/c1-3-5-7-10-19(23-15-8-6-9-16-23)17-21(24)22-18-11-13-20(14-12-18)25-4-2/h11-14,19H,3-10,15-17H2,1-2H3,(H,22,24). The van der Waals surface area contributed by atoms with Crippen LogP contribution in [0.1, 0.15) is 65.2 Å². The van der Waals surface area contributed by atoms with Gasteiger partial charge < -0.3 is 10.1 Å². The van der Waals surface area contributed by atoms with Crippen LogP contribution in [-0.2, 0) is 4.79 Å². The Hall–Kier alpha value is -1.55. The van der Waals surface area contributed by atoms with Crippen LogP contribution in [0.15, 0.2) is 24.3 Å². The summed E-state index contributed by atoms with van der Waals surface area (Å²) in [6.07, 6.45) is 9.29. The number of rotatable bonds is 10. The largest absolute Gasteiger partial charge is 0.494 e. The third kappa shape index (κ3) is 7.07. The topological polar surface area (TPSA) is 41.6 Å². The number of carbonyl (C=O) groups excluding carboxylic acids is 1. The van der Waals surface area contributed by atoms with E-state index in [1.165, 1.54) is 38.5 Å². The van der Waals surface area contributed by atoms with Crippen molar-refractivity contribution in [3.8, 4) is 5.75 Å². The van der Waals surface area contributed by atoms with E-state index in [1.54, 1.807) is 0 Å². The summed E-state index contributed by atoms with van der Waals surface area (Å²) in [5.41, 5.74) is 0.847. The van der Waals surface area contributed by atoms with Gasteiger partial charge in [-0.05, 0) is 63.5 Å². The molecular weight excluding hydrogens is 312 g/mol. The fourth-order valence-corrected chi connectivity index (χ4v) is 3.55. The van der Waals surface area contributed by atoms with E-state index in [2.05, 4.69) is 17.1 Å². The van der Waals surface area contributed by atoms with E-state index in [-0.39, 0.29) is 5.91 Å². The molecule has 1 aromatic rings. The first-order valence-electron chi connectivity index (χ1n) is 9.99. The number of ether oxygens (including phenoxy) is 1. The van der Waals surface area contributed by atoms with Gasteiger partial charge in [0.05, 0.1) is 6.61 Å². The SMILES string of the molecule is CCCCCC(CC(=O)Nc1ccc(OCC)cc1)N1CCCCC1. The van der Waals surface area contributed by atoms with E-state index in [0.717, 1.165) is 30.9 Å². The highest BCUT2D eigenvalue weighted by molar-refractivity contribution is 5.91. The highest BCUT2D eigenvalue weighted by atomic mass is 16.5. The monoisotopic (exact) mass is 346 g/mol. The van der Waals surface area contributed by atoms with Gasteiger partial charge in [0.25, 0.3) is 0 Å². The molecule has 0 saturated carbocycles. The van der Waals surface area contributed by atoms with Crippen molar-refractivity contribution in [1.82, 2.24) is 4.90 Å². The lowest BCUT2D eigenvalue weighted by molar-refractivity contribution is -0.117. The molecule has 4 nitrogen and oxygen atoms in total. The van der Waals surface area contributed by atoms with Crippen LogP contribution in [0.3, 0.4) is 0 Å². The molecule has 1 aliphatic heterocycles. The molecule has 0 spiro atoms. The number of piperidine rings is 1. The molecule has 1 unspecified atom stereocenters. The van der Waals surface area contributed by atoms with Gasteiger partial charge in [0.15, 0.2) is 0 Å². The fourth-order valence-electron chi connectivity index (χ4n) is 3.55. The molecule has 140 valence electrons. The molecule has 1 aromatic carbocycles. The van der Waals surface area contributed by atoms with Crippen LogP contribution in [0.2, 0.25) is 0 Å². The van der Waals surface area contributed by atoms with Crippen molar-refractivity contribution in [2.45, 2.75) is 71.3 Å². The second kappa shape index (κ2) is 11.1. The number of anilines is 1. The molecule has 0 radical (unpaired) electrons. The van der Waals surface area contributed by atoms with Gasteiger partial charge in [-0.3, -0.25) is 9.69 Å². The minimum absolute atomic E-state index is 0.122. The lowest BCUT2D eigenvalue weighted by Crippen LogP contribution is -2.41. The third-order valence-corrected chi connectivity index (χ3v) is 4.92. The van der Waals surface area contributed by atoms with Gasteiger partial charge in [0, 0.05) is 18.2 Å². The second-order valence-corrected chi connectivity index (χ2v) is 6.96. The highest BCUT2D eigenvalue weighted by Gasteiger charge is 2.22. The van der Waals surface area contributed by atoms with Crippen molar-refractivity contribution in [3.05, 3.63) is 24.3 Å². The molecule has 4 heteroatoms. The molecule has 0 aliphatic carbocycles. The minimum atomic E-state index is 0.122. The van der Waals surface area contributed by atoms with Crippen LogP contribution in [-0.4, -0.2) is 36.5 Å². The zero-order valence-corrected chi connectivity index (χ0v) is 15.9. The van der Waals surface area contributed by atoms with Gasteiger partial charge in [-0.1, -0.05) is 32.6 Å². The number of likely N-dealkylation sites (tertiary alicyclic amines) is 1. The Morgan fingerprint density at radius 2 is 1.84 bits per heavy atom. The fraction of sp³-hybridized carbons (Fsp3) is 0.667. The molecule has 1 heterocycles. The summed E-state index contributed by atoms with van der Waals surface area (Å²) in [5, 5.41) is 3.05. The Morgan fingerprint density at radius 1 is 1.12 bits per heavy atom. The smallest absolute Gasteiger partial charge is 0.225 e. The number of unbranched alkanes of at least 4 members (excludes halogenated alkanes) is 2. The van der Waals surface area contributed by atoms with Gasteiger partial charge in [-0.2, -0.15) is 0 Å². The number of hydrogen-bond acceptors (Lipinski definition) is 3. The maximum atomic E-state index is 12.5. The Kier molecular flexibility index (Phi) is 8.81. The predicted molar refractivity (Wildman–Crippen MR) is 104 cm³/mol. The molecule has 0 aromatic heterocycles. The van der Waals surface area contributed by atoms with Crippen molar-refractivity contribution >= 4 is 11.6 Å². The normalized spacial score (nSPS) is 16.4. The summed E-state index contributed by atoms with van der Waals surface area (Å²) in [6.45, 7) is 7.14. The van der Waals surface area contributed by atoms with Crippen molar-refractivity contribution in [1.29, 1.82) is 0 Å². The summed E-state index contributed by atoms with van der Waals surface area (Å²) in [6, 6.07) is 8.02. The van der Waals surface area contributed by atoms with Crippen LogP contribution in [0.5, 0.6) is 5.75 Å². The molecule has 1 N–H and O–H groups in total. The number of amides is 1. The van der Waals surface area contributed by atoms with E-state index in [1.807, 2.05) is 31.2 Å². The Labute approximate surface area is 152 Å². The molecule has 0 bridgehead atoms. The minimum Gasteiger partial charge on any atom is -0.494 e. The van der Waals surface area contributed by atoms with E-state index < -0.39 is 0 Å². The first-order valence-corrected chi connectivity index (χ1v) is 9.99. The first kappa shape index (κ1) is 19.8. The van der Waals surface area contributed by atoms with Gasteiger partial charge in [-0.15, -0.1) is 0 Å². The van der Waals surface area contributed by atoms with Gasteiger partial charge in [-0.25, -0.2) is 0 Å². The highest BCUT2D eigenvalue weighted by Crippen LogP contribution is 2.21. The molecule has 1 fully saturated rings. The maximum absolute atomic E-state index is 12.5. The molecule has 1 saturated heterocycles. The van der Waals surface area contributed by atoms with Gasteiger partial charge in [0.2, 0.25) is 5.91 Å². The lowest BCUT2D eigenvalue weighted by atomic mass is 10.00. The summed E-state index contributed by atoms with van der Waals surface area (Å²) in [4.78, 5) is 15.1. The van der Waals surface area contributed by atoms with Gasteiger partial charge >= 0.3 is 0 Å². The van der Waals surface area contributed by atoms with E-state index in [9.17, 15) is 4.79 Å². The van der Waals surface area contributed by atoms with Crippen molar-refractivity contribution < 1.29 is 9.53 Å². The quantitative estimate of drug-likeness (QED) is 0.616. The average Bonchev–Trinajstić information content (AvgIpc) is 2.64. The van der Waals surface area contributed by atoms with Crippen molar-refractivity contribution in [2.75, 3.05) is 25.0 Å².